The minimum atomic E-state index is 0.135. The van der Waals surface area contributed by atoms with Gasteiger partial charge < -0.3 is 10.6 Å². The molecule has 17 heavy (non-hydrogen) atoms. The van der Waals surface area contributed by atoms with E-state index in [2.05, 4.69) is 28.7 Å². The number of piperidine rings is 1. The molecule has 1 aromatic rings. The zero-order valence-electron chi connectivity index (χ0n) is 11.2. The number of aryl methyl sites for hydroxylation is 2. The Balaban J connectivity index is 2.26. The number of hydrogen-bond donors (Lipinski definition) is 1. The standard InChI is InChI=1S/C13H22N4/c1-9-7-15-10(2)12(16-9)17-6-5-11(14)13(3,4)8-17/h7,11H,5-6,8,14H2,1-4H3. The van der Waals surface area contributed by atoms with Crippen LogP contribution in [0.1, 0.15) is 31.7 Å². The minimum absolute atomic E-state index is 0.135. The van der Waals surface area contributed by atoms with Crippen LogP contribution in [0.4, 0.5) is 5.82 Å². The quantitative estimate of drug-likeness (QED) is 0.803. The van der Waals surface area contributed by atoms with Crippen LogP contribution in [0.15, 0.2) is 6.20 Å². The van der Waals surface area contributed by atoms with E-state index in [4.69, 9.17) is 5.73 Å². The summed E-state index contributed by atoms with van der Waals surface area (Å²) in [4.78, 5) is 11.3. The van der Waals surface area contributed by atoms with Crippen molar-refractivity contribution < 1.29 is 0 Å². The van der Waals surface area contributed by atoms with E-state index in [1.54, 1.807) is 0 Å². The number of aromatic nitrogens is 2. The van der Waals surface area contributed by atoms with Crippen LogP contribution in [0.5, 0.6) is 0 Å². The van der Waals surface area contributed by atoms with Crippen LogP contribution in [0, 0.1) is 19.3 Å². The van der Waals surface area contributed by atoms with E-state index in [9.17, 15) is 0 Å². The van der Waals surface area contributed by atoms with Crippen molar-refractivity contribution >= 4 is 5.82 Å². The second kappa shape index (κ2) is 4.26. The van der Waals surface area contributed by atoms with Gasteiger partial charge >= 0.3 is 0 Å². The van der Waals surface area contributed by atoms with Crippen LogP contribution in [0.3, 0.4) is 0 Å². The van der Waals surface area contributed by atoms with E-state index < -0.39 is 0 Å². The molecule has 2 rings (SSSR count). The predicted molar refractivity (Wildman–Crippen MR) is 70.1 cm³/mol. The molecule has 0 saturated carbocycles. The van der Waals surface area contributed by atoms with Gasteiger partial charge in [0.15, 0.2) is 0 Å². The molecule has 1 aliphatic heterocycles. The largest absolute Gasteiger partial charge is 0.354 e. The monoisotopic (exact) mass is 234 g/mol. The minimum Gasteiger partial charge on any atom is -0.354 e. The van der Waals surface area contributed by atoms with Crippen molar-refractivity contribution in [3.8, 4) is 0 Å². The topological polar surface area (TPSA) is 55.0 Å². The first-order chi connectivity index (χ1) is 7.90. The Morgan fingerprint density at radius 2 is 2.12 bits per heavy atom. The highest BCUT2D eigenvalue weighted by atomic mass is 15.2. The Kier molecular flexibility index (Phi) is 3.08. The lowest BCUT2D eigenvalue weighted by Crippen LogP contribution is -2.52. The predicted octanol–water partition coefficient (Wildman–Crippen LogP) is 1.66. The molecule has 2 N–H and O–H groups in total. The fourth-order valence-electron chi connectivity index (χ4n) is 2.38. The van der Waals surface area contributed by atoms with Crippen LogP contribution in [0.25, 0.3) is 0 Å². The number of rotatable bonds is 1. The smallest absolute Gasteiger partial charge is 0.150 e. The summed E-state index contributed by atoms with van der Waals surface area (Å²) >= 11 is 0. The maximum atomic E-state index is 6.16. The number of hydrogen-bond acceptors (Lipinski definition) is 4. The van der Waals surface area contributed by atoms with E-state index >= 15 is 0 Å². The summed E-state index contributed by atoms with van der Waals surface area (Å²) in [5, 5.41) is 0. The van der Waals surface area contributed by atoms with E-state index in [0.29, 0.717) is 0 Å². The maximum Gasteiger partial charge on any atom is 0.150 e. The van der Waals surface area contributed by atoms with Gasteiger partial charge in [-0.05, 0) is 25.7 Å². The number of anilines is 1. The summed E-state index contributed by atoms with van der Waals surface area (Å²) in [7, 11) is 0. The van der Waals surface area contributed by atoms with Crippen molar-refractivity contribution in [3.63, 3.8) is 0 Å². The van der Waals surface area contributed by atoms with Gasteiger partial charge in [0.2, 0.25) is 0 Å². The number of nitrogens with zero attached hydrogens (tertiary/aromatic N) is 3. The molecule has 0 aliphatic carbocycles. The molecule has 0 radical (unpaired) electrons. The van der Waals surface area contributed by atoms with Crippen molar-refractivity contribution in [2.45, 2.75) is 40.2 Å². The van der Waals surface area contributed by atoms with E-state index in [-0.39, 0.29) is 11.5 Å². The zero-order chi connectivity index (χ0) is 12.6. The Morgan fingerprint density at radius 3 is 2.76 bits per heavy atom. The first-order valence-electron chi connectivity index (χ1n) is 6.21. The van der Waals surface area contributed by atoms with Crippen molar-refractivity contribution in [1.29, 1.82) is 0 Å². The third-order valence-electron chi connectivity index (χ3n) is 3.66. The molecule has 1 aromatic heterocycles. The molecule has 1 atom stereocenters. The lowest BCUT2D eigenvalue weighted by molar-refractivity contribution is 0.244. The Morgan fingerprint density at radius 1 is 1.41 bits per heavy atom. The molecule has 0 bridgehead atoms. The molecule has 2 heterocycles. The lowest BCUT2D eigenvalue weighted by atomic mass is 9.79. The first kappa shape index (κ1) is 12.3. The van der Waals surface area contributed by atoms with E-state index in [1.807, 2.05) is 20.0 Å². The van der Waals surface area contributed by atoms with Crippen LogP contribution >= 0.6 is 0 Å². The molecule has 1 saturated heterocycles. The second-order valence-electron chi connectivity index (χ2n) is 5.73. The van der Waals surface area contributed by atoms with Gasteiger partial charge in [-0.15, -0.1) is 0 Å². The van der Waals surface area contributed by atoms with Crippen molar-refractivity contribution in [2.75, 3.05) is 18.0 Å². The molecule has 0 amide bonds. The zero-order valence-corrected chi connectivity index (χ0v) is 11.2. The normalized spacial score (nSPS) is 23.8. The summed E-state index contributed by atoms with van der Waals surface area (Å²) in [5.74, 6) is 1.02. The Bertz CT molecular complexity index is 414. The highest BCUT2D eigenvalue weighted by Gasteiger charge is 2.34. The summed E-state index contributed by atoms with van der Waals surface area (Å²) in [6.07, 6.45) is 2.84. The molecular weight excluding hydrogens is 212 g/mol. The van der Waals surface area contributed by atoms with Crippen LogP contribution < -0.4 is 10.6 Å². The average Bonchev–Trinajstić information content (AvgIpc) is 2.25. The molecule has 4 heteroatoms. The molecule has 94 valence electrons. The van der Waals surface area contributed by atoms with Gasteiger partial charge in [0.1, 0.15) is 5.82 Å². The van der Waals surface area contributed by atoms with Gasteiger partial charge in [0.25, 0.3) is 0 Å². The Labute approximate surface area is 103 Å². The van der Waals surface area contributed by atoms with Crippen LogP contribution in [-0.2, 0) is 0 Å². The van der Waals surface area contributed by atoms with Gasteiger partial charge in [-0.3, -0.25) is 4.98 Å². The van der Waals surface area contributed by atoms with E-state index in [0.717, 1.165) is 36.7 Å². The van der Waals surface area contributed by atoms with E-state index in [1.165, 1.54) is 0 Å². The highest BCUT2D eigenvalue weighted by molar-refractivity contribution is 5.44. The fourth-order valence-corrected chi connectivity index (χ4v) is 2.38. The van der Waals surface area contributed by atoms with Crippen molar-refractivity contribution in [2.24, 2.45) is 11.1 Å². The average molecular weight is 234 g/mol. The van der Waals surface area contributed by atoms with Crippen LogP contribution in [-0.4, -0.2) is 29.1 Å². The van der Waals surface area contributed by atoms with Gasteiger partial charge in [-0.25, -0.2) is 4.98 Å². The molecule has 1 fully saturated rings. The molecule has 4 nitrogen and oxygen atoms in total. The van der Waals surface area contributed by atoms with Gasteiger partial charge in [-0.1, -0.05) is 13.8 Å². The summed E-state index contributed by atoms with van der Waals surface area (Å²) in [5.41, 5.74) is 8.27. The Hall–Kier alpha value is -1.16. The summed E-state index contributed by atoms with van der Waals surface area (Å²) in [6.45, 7) is 10.4. The van der Waals surface area contributed by atoms with Crippen molar-refractivity contribution in [1.82, 2.24) is 9.97 Å². The summed E-state index contributed by atoms with van der Waals surface area (Å²) in [6, 6.07) is 0.275. The SMILES string of the molecule is Cc1cnc(C)c(N2CCC(N)C(C)(C)C2)n1. The fraction of sp³-hybridized carbons (Fsp3) is 0.692. The lowest BCUT2D eigenvalue weighted by Gasteiger charge is -2.43. The van der Waals surface area contributed by atoms with Gasteiger partial charge in [-0.2, -0.15) is 0 Å². The first-order valence-corrected chi connectivity index (χ1v) is 6.21. The van der Waals surface area contributed by atoms with Gasteiger partial charge in [0.05, 0.1) is 11.4 Å². The van der Waals surface area contributed by atoms with Gasteiger partial charge in [0, 0.05) is 25.3 Å². The third-order valence-corrected chi connectivity index (χ3v) is 3.66. The third kappa shape index (κ3) is 2.41. The highest BCUT2D eigenvalue weighted by Crippen LogP contribution is 2.30. The van der Waals surface area contributed by atoms with Crippen molar-refractivity contribution in [3.05, 3.63) is 17.6 Å². The molecule has 1 aliphatic rings. The second-order valence-corrected chi connectivity index (χ2v) is 5.73. The molecule has 0 aromatic carbocycles. The van der Waals surface area contributed by atoms with Crippen LogP contribution in [0.2, 0.25) is 0 Å². The summed E-state index contributed by atoms with van der Waals surface area (Å²) < 4.78 is 0. The number of nitrogens with two attached hydrogens (primary N) is 1. The maximum absolute atomic E-state index is 6.16. The molecular formula is C13H22N4. The molecule has 1 unspecified atom stereocenters. The molecule has 0 spiro atoms.